The van der Waals surface area contributed by atoms with E-state index in [9.17, 15) is 14.4 Å². The molecule has 2 saturated heterocycles. The number of methoxy groups -OCH3 is 1. The van der Waals surface area contributed by atoms with Crippen LogP contribution in [0.2, 0.25) is 0 Å². The number of aliphatic carboxylic acids is 1. The van der Waals surface area contributed by atoms with E-state index >= 15 is 0 Å². The van der Waals surface area contributed by atoms with Crippen molar-refractivity contribution in [3.63, 3.8) is 0 Å². The van der Waals surface area contributed by atoms with E-state index in [1.54, 1.807) is 12.1 Å². The van der Waals surface area contributed by atoms with Crippen molar-refractivity contribution in [2.75, 3.05) is 25.1 Å². The van der Waals surface area contributed by atoms with Crippen molar-refractivity contribution in [2.45, 2.75) is 32.2 Å². The lowest BCUT2D eigenvalue weighted by atomic mass is 9.96. The molecule has 7 nitrogen and oxygen atoms in total. The Hall–Kier alpha value is -2.41. The van der Waals surface area contributed by atoms with Crippen molar-refractivity contribution < 1.29 is 24.2 Å². The molecular weight excluding hydrogens is 324 g/mol. The van der Waals surface area contributed by atoms with Gasteiger partial charge in [-0.15, -0.1) is 0 Å². The monoisotopic (exact) mass is 346 g/mol. The number of hydrogen-bond donors (Lipinski definition) is 1. The van der Waals surface area contributed by atoms with Gasteiger partial charge in [0, 0.05) is 0 Å². The summed E-state index contributed by atoms with van der Waals surface area (Å²) in [5.41, 5.74) is 1.41. The van der Waals surface area contributed by atoms with Crippen LogP contribution in [0.3, 0.4) is 0 Å². The number of piperidine rings is 1. The van der Waals surface area contributed by atoms with Crippen LogP contribution < -0.4 is 9.64 Å². The number of aryl methyl sites for hydroxylation is 1. The molecule has 0 unspecified atom stereocenters. The summed E-state index contributed by atoms with van der Waals surface area (Å²) in [5.74, 6) is -1.18. The molecule has 1 aromatic rings. The van der Waals surface area contributed by atoms with Crippen LogP contribution in [0.5, 0.6) is 5.75 Å². The van der Waals surface area contributed by atoms with E-state index in [0.29, 0.717) is 37.4 Å². The number of nitrogens with zero attached hydrogens (tertiary/aromatic N) is 2. The van der Waals surface area contributed by atoms with Gasteiger partial charge in [-0.25, -0.2) is 4.90 Å². The number of rotatable bonds is 4. The number of anilines is 1. The number of carboxylic acids is 1. The smallest absolute Gasteiger partial charge is 0.306 e. The highest BCUT2D eigenvalue weighted by Crippen LogP contribution is 2.35. The fraction of sp³-hybridized carbons (Fsp3) is 0.500. The Morgan fingerprint density at radius 2 is 1.92 bits per heavy atom. The number of amides is 2. The largest absolute Gasteiger partial charge is 0.495 e. The van der Waals surface area contributed by atoms with Gasteiger partial charge in [0.15, 0.2) is 0 Å². The van der Waals surface area contributed by atoms with Gasteiger partial charge in [0.05, 0.1) is 31.2 Å². The molecule has 25 heavy (non-hydrogen) atoms. The second-order valence-corrected chi connectivity index (χ2v) is 6.61. The van der Waals surface area contributed by atoms with Crippen molar-refractivity contribution in [2.24, 2.45) is 5.92 Å². The SMILES string of the molecule is COc1ccc(C)cc1N1C(=O)C[C@H](N2CCC(C(=O)O)CC2)C1=O. The highest BCUT2D eigenvalue weighted by molar-refractivity contribution is 6.23. The zero-order valence-electron chi connectivity index (χ0n) is 14.4. The number of carbonyl (C=O) groups excluding carboxylic acids is 2. The van der Waals surface area contributed by atoms with Crippen LogP contribution >= 0.6 is 0 Å². The van der Waals surface area contributed by atoms with E-state index in [1.807, 2.05) is 17.9 Å². The maximum absolute atomic E-state index is 12.9. The first-order valence-electron chi connectivity index (χ1n) is 8.40. The third-order valence-corrected chi connectivity index (χ3v) is 5.02. The van der Waals surface area contributed by atoms with Crippen LogP contribution in [0.15, 0.2) is 18.2 Å². The van der Waals surface area contributed by atoms with Gasteiger partial charge in [0.2, 0.25) is 5.91 Å². The Bertz CT molecular complexity index is 709. The number of benzene rings is 1. The van der Waals surface area contributed by atoms with Gasteiger partial charge >= 0.3 is 5.97 Å². The third-order valence-electron chi connectivity index (χ3n) is 5.02. The summed E-state index contributed by atoms with van der Waals surface area (Å²) in [6, 6.07) is 4.86. The van der Waals surface area contributed by atoms with Gasteiger partial charge in [-0.2, -0.15) is 0 Å². The molecule has 2 fully saturated rings. The number of imide groups is 1. The highest BCUT2D eigenvalue weighted by Gasteiger charge is 2.44. The molecule has 2 heterocycles. The summed E-state index contributed by atoms with van der Waals surface area (Å²) in [6.07, 6.45) is 1.12. The first-order valence-corrected chi connectivity index (χ1v) is 8.40. The summed E-state index contributed by atoms with van der Waals surface area (Å²) >= 11 is 0. The molecule has 0 bridgehead atoms. The minimum Gasteiger partial charge on any atom is -0.495 e. The predicted molar refractivity (Wildman–Crippen MR) is 90.6 cm³/mol. The Balaban J connectivity index is 1.80. The second-order valence-electron chi connectivity index (χ2n) is 6.61. The Morgan fingerprint density at radius 1 is 1.24 bits per heavy atom. The molecule has 0 aliphatic carbocycles. The first kappa shape index (κ1) is 17.4. The molecule has 134 valence electrons. The fourth-order valence-electron chi connectivity index (χ4n) is 3.59. The summed E-state index contributed by atoms with van der Waals surface area (Å²) in [4.78, 5) is 39.6. The fourth-order valence-corrected chi connectivity index (χ4v) is 3.59. The van der Waals surface area contributed by atoms with Gasteiger partial charge in [0.25, 0.3) is 5.91 Å². The molecule has 2 aliphatic rings. The van der Waals surface area contributed by atoms with E-state index < -0.39 is 12.0 Å². The van der Waals surface area contributed by atoms with Gasteiger partial charge in [-0.05, 0) is 50.6 Å². The van der Waals surface area contributed by atoms with Gasteiger partial charge in [-0.1, -0.05) is 6.07 Å². The van der Waals surface area contributed by atoms with Crippen LogP contribution in [-0.2, 0) is 14.4 Å². The normalized spacial score (nSPS) is 22.5. The maximum Gasteiger partial charge on any atom is 0.306 e. The molecule has 3 rings (SSSR count). The first-order chi connectivity index (χ1) is 11.9. The van der Waals surface area contributed by atoms with E-state index in [1.165, 1.54) is 12.0 Å². The van der Waals surface area contributed by atoms with Gasteiger partial charge in [-0.3, -0.25) is 19.3 Å². The van der Waals surface area contributed by atoms with E-state index in [-0.39, 0.29) is 24.2 Å². The van der Waals surface area contributed by atoms with Crippen LogP contribution in [0.1, 0.15) is 24.8 Å². The van der Waals surface area contributed by atoms with Crippen molar-refractivity contribution in [3.05, 3.63) is 23.8 Å². The summed E-state index contributed by atoms with van der Waals surface area (Å²) in [5, 5.41) is 9.10. The van der Waals surface area contributed by atoms with E-state index in [0.717, 1.165) is 5.56 Å². The molecule has 1 aromatic carbocycles. The number of ether oxygens (including phenoxy) is 1. The van der Waals surface area contributed by atoms with Gasteiger partial charge in [0.1, 0.15) is 5.75 Å². The van der Waals surface area contributed by atoms with Crippen LogP contribution in [0.25, 0.3) is 0 Å². The number of hydrogen-bond acceptors (Lipinski definition) is 5. The maximum atomic E-state index is 12.9. The lowest BCUT2D eigenvalue weighted by Crippen LogP contribution is -2.46. The molecule has 2 amide bonds. The predicted octanol–water partition coefficient (Wildman–Crippen LogP) is 1.43. The second kappa shape index (κ2) is 6.84. The Morgan fingerprint density at radius 3 is 2.52 bits per heavy atom. The van der Waals surface area contributed by atoms with Crippen LogP contribution in [0, 0.1) is 12.8 Å². The summed E-state index contributed by atoms with van der Waals surface area (Å²) < 4.78 is 5.31. The minimum absolute atomic E-state index is 0.119. The van der Waals surface area contributed by atoms with Crippen molar-refractivity contribution >= 4 is 23.5 Å². The Kier molecular flexibility index (Phi) is 4.76. The molecule has 0 aromatic heterocycles. The van der Waals surface area contributed by atoms with Gasteiger partial charge < -0.3 is 9.84 Å². The van der Waals surface area contributed by atoms with Crippen LogP contribution in [0.4, 0.5) is 5.69 Å². The molecule has 1 N–H and O–H groups in total. The van der Waals surface area contributed by atoms with E-state index in [2.05, 4.69) is 0 Å². The molecule has 0 spiro atoms. The zero-order chi connectivity index (χ0) is 18.1. The number of likely N-dealkylation sites (tertiary alicyclic amines) is 1. The molecule has 0 saturated carbocycles. The number of carboxylic acid groups (broad SMARTS) is 1. The average molecular weight is 346 g/mol. The highest BCUT2D eigenvalue weighted by atomic mass is 16.5. The third kappa shape index (κ3) is 3.24. The zero-order valence-corrected chi connectivity index (χ0v) is 14.4. The molecule has 0 radical (unpaired) electrons. The van der Waals surface area contributed by atoms with Crippen molar-refractivity contribution in [1.82, 2.24) is 4.90 Å². The molecule has 1 atom stereocenters. The summed E-state index contributed by atoms with van der Waals surface area (Å²) in [6.45, 7) is 2.92. The average Bonchev–Trinajstić information content (AvgIpc) is 2.89. The molecule has 7 heteroatoms. The number of carbonyl (C=O) groups is 3. The van der Waals surface area contributed by atoms with Crippen LogP contribution in [-0.4, -0.2) is 54.0 Å². The lowest BCUT2D eigenvalue weighted by molar-refractivity contribution is -0.143. The van der Waals surface area contributed by atoms with E-state index in [4.69, 9.17) is 9.84 Å². The molecular formula is C18H22N2O5. The standard InChI is InChI=1S/C18H22N2O5/c1-11-3-4-15(25-2)13(9-11)20-16(21)10-14(17(20)22)19-7-5-12(6-8-19)18(23)24/h3-4,9,12,14H,5-8,10H2,1-2H3,(H,23,24)/t14-/m0/s1. The topological polar surface area (TPSA) is 87.2 Å². The summed E-state index contributed by atoms with van der Waals surface area (Å²) in [7, 11) is 1.51. The van der Waals surface area contributed by atoms with Crippen molar-refractivity contribution in [1.29, 1.82) is 0 Å². The lowest BCUT2D eigenvalue weighted by Gasteiger charge is -2.33. The Labute approximate surface area is 146 Å². The minimum atomic E-state index is -0.792. The quantitative estimate of drug-likeness (QED) is 0.830. The van der Waals surface area contributed by atoms with Crippen molar-refractivity contribution in [3.8, 4) is 5.75 Å². The molecule has 2 aliphatic heterocycles.